The van der Waals surface area contributed by atoms with Crippen LogP contribution < -0.4 is 20.7 Å². The van der Waals surface area contributed by atoms with E-state index in [0.717, 1.165) is 10.5 Å². The Balaban J connectivity index is 1.36. The van der Waals surface area contributed by atoms with Crippen LogP contribution in [0.4, 0.5) is 11.4 Å². The first-order valence-corrected chi connectivity index (χ1v) is 15.6. The van der Waals surface area contributed by atoms with Gasteiger partial charge in [0.1, 0.15) is 16.7 Å². The molecule has 5 aromatic rings. The van der Waals surface area contributed by atoms with Crippen LogP contribution in [0, 0.1) is 0 Å². The lowest BCUT2D eigenvalue weighted by Crippen LogP contribution is -2.30. The summed E-state index contributed by atoms with van der Waals surface area (Å²) in [6.07, 6.45) is 1.58. The fraction of sp³-hybridized carbons (Fsp3) is 0.0541. The topological polar surface area (TPSA) is 96.5 Å². The van der Waals surface area contributed by atoms with Gasteiger partial charge in [0, 0.05) is 26.9 Å². The summed E-state index contributed by atoms with van der Waals surface area (Å²) in [5, 5.41) is 8.59. The van der Waals surface area contributed by atoms with Crippen molar-refractivity contribution in [2.75, 3.05) is 17.7 Å². The smallest absolute Gasteiger partial charge is 0.272 e. The van der Waals surface area contributed by atoms with E-state index in [1.54, 1.807) is 104 Å². The van der Waals surface area contributed by atoms with Crippen LogP contribution in [-0.2, 0) is 9.59 Å². The molecule has 3 amide bonds. The molecule has 3 N–H and O–H groups in total. The molecule has 0 spiro atoms. The number of thioether (sulfide) groups is 1. The highest BCUT2D eigenvalue weighted by Crippen LogP contribution is 2.37. The van der Waals surface area contributed by atoms with Crippen molar-refractivity contribution in [1.29, 1.82) is 0 Å². The maximum Gasteiger partial charge on any atom is 0.272 e. The van der Waals surface area contributed by atoms with Gasteiger partial charge in [-0.25, -0.2) is 0 Å². The number of nitrogens with one attached hydrogen (secondary N) is 3. The molecule has 0 aliphatic carbocycles. The second-order valence-electron chi connectivity index (χ2n) is 10.0. The fourth-order valence-corrected chi connectivity index (χ4v) is 5.64. The molecule has 5 aromatic carbocycles. The molecule has 5 rings (SSSR count). The number of ether oxygens (including phenoxy) is 1. The fourth-order valence-electron chi connectivity index (χ4n) is 4.43. The molecule has 9 heteroatoms. The molecule has 0 saturated heterocycles. The zero-order valence-electron chi connectivity index (χ0n) is 24.8. The summed E-state index contributed by atoms with van der Waals surface area (Å²) in [5.74, 6) is -0.448. The van der Waals surface area contributed by atoms with E-state index in [0.29, 0.717) is 33.3 Å². The van der Waals surface area contributed by atoms with Gasteiger partial charge in [-0.05, 0) is 83.9 Å². The summed E-state index contributed by atoms with van der Waals surface area (Å²) in [5.41, 5.74) is 3.11. The maximum absolute atomic E-state index is 13.6. The summed E-state index contributed by atoms with van der Waals surface area (Å²) in [7, 11) is 1.59. The zero-order valence-corrected chi connectivity index (χ0v) is 26.3. The zero-order chi connectivity index (χ0) is 32.3. The highest BCUT2D eigenvalue weighted by atomic mass is 35.5. The summed E-state index contributed by atoms with van der Waals surface area (Å²) in [6, 6.07) is 39.4. The van der Waals surface area contributed by atoms with Crippen LogP contribution in [-0.4, -0.2) is 24.8 Å². The number of rotatable bonds is 11. The number of halogens is 1. The number of hydrogen-bond donors (Lipinski definition) is 3. The second kappa shape index (κ2) is 15.6. The molecule has 0 aromatic heterocycles. The predicted molar refractivity (Wildman–Crippen MR) is 185 cm³/mol. The minimum absolute atomic E-state index is 0.0512. The van der Waals surface area contributed by atoms with E-state index in [1.165, 1.54) is 11.8 Å². The van der Waals surface area contributed by atoms with Crippen LogP contribution in [0.15, 0.2) is 144 Å². The first-order valence-electron chi connectivity index (χ1n) is 14.3. The van der Waals surface area contributed by atoms with E-state index in [-0.39, 0.29) is 11.6 Å². The molecule has 7 nitrogen and oxygen atoms in total. The van der Waals surface area contributed by atoms with Crippen molar-refractivity contribution in [3.8, 4) is 5.75 Å². The molecule has 0 aliphatic heterocycles. The van der Waals surface area contributed by atoms with Gasteiger partial charge >= 0.3 is 0 Å². The largest absolute Gasteiger partial charge is 0.497 e. The van der Waals surface area contributed by atoms with E-state index >= 15 is 0 Å². The van der Waals surface area contributed by atoms with Crippen LogP contribution in [0.25, 0.3) is 6.08 Å². The number of methoxy groups -OCH3 is 1. The Morgan fingerprint density at radius 2 is 1.41 bits per heavy atom. The quantitative estimate of drug-likeness (QED) is 0.0991. The summed E-state index contributed by atoms with van der Waals surface area (Å²) < 4.78 is 5.22. The highest BCUT2D eigenvalue weighted by Gasteiger charge is 2.23. The van der Waals surface area contributed by atoms with E-state index in [9.17, 15) is 14.4 Å². The predicted octanol–water partition coefficient (Wildman–Crippen LogP) is 8.23. The molecule has 0 saturated carbocycles. The van der Waals surface area contributed by atoms with Crippen LogP contribution >= 0.6 is 23.4 Å². The van der Waals surface area contributed by atoms with Crippen molar-refractivity contribution in [3.05, 3.63) is 161 Å². The maximum atomic E-state index is 13.6. The number of carbonyl (C=O) groups excluding carboxylic acids is 3. The molecule has 230 valence electrons. The molecular formula is C37H30ClN3O4S. The number of benzene rings is 5. The van der Waals surface area contributed by atoms with Crippen molar-refractivity contribution in [2.45, 2.75) is 10.1 Å². The Kier molecular flexibility index (Phi) is 10.9. The normalized spacial score (nSPS) is 11.7. The minimum atomic E-state index is -0.584. The Morgan fingerprint density at radius 1 is 0.739 bits per heavy atom. The van der Waals surface area contributed by atoms with E-state index in [4.69, 9.17) is 16.3 Å². The highest BCUT2D eigenvalue weighted by molar-refractivity contribution is 8.00. The number of hydrogen-bond acceptors (Lipinski definition) is 5. The lowest BCUT2D eigenvalue weighted by atomic mass is 10.1. The molecule has 0 fully saturated rings. The lowest BCUT2D eigenvalue weighted by molar-refractivity contribution is -0.116. The average molecular weight is 648 g/mol. The van der Waals surface area contributed by atoms with Crippen LogP contribution in [0.5, 0.6) is 5.75 Å². The minimum Gasteiger partial charge on any atom is -0.497 e. The van der Waals surface area contributed by atoms with Gasteiger partial charge in [0.15, 0.2) is 0 Å². The van der Waals surface area contributed by atoms with E-state index < -0.39 is 17.1 Å². The number of carbonyl (C=O) groups is 3. The molecule has 46 heavy (non-hydrogen) atoms. The van der Waals surface area contributed by atoms with Crippen LogP contribution in [0.1, 0.15) is 26.7 Å². The van der Waals surface area contributed by atoms with Gasteiger partial charge in [-0.2, -0.15) is 0 Å². The molecule has 0 bridgehead atoms. The number of anilines is 2. The second-order valence-corrected chi connectivity index (χ2v) is 11.7. The molecular weight excluding hydrogens is 618 g/mol. The third kappa shape index (κ3) is 8.88. The van der Waals surface area contributed by atoms with E-state index in [2.05, 4.69) is 16.0 Å². The van der Waals surface area contributed by atoms with Crippen molar-refractivity contribution in [1.82, 2.24) is 5.32 Å². The Hall–Kier alpha value is -5.31. The Bertz CT molecular complexity index is 1830. The first kappa shape index (κ1) is 32.1. The Labute approximate surface area is 276 Å². The van der Waals surface area contributed by atoms with Gasteiger partial charge < -0.3 is 20.7 Å². The van der Waals surface area contributed by atoms with Crippen molar-refractivity contribution < 1.29 is 19.1 Å². The number of amides is 3. The van der Waals surface area contributed by atoms with Crippen molar-refractivity contribution in [2.24, 2.45) is 0 Å². The van der Waals surface area contributed by atoms with E-state index in [1.807, 2.05) is 42.5 Å². The van der Waals surface area contributed by atoms with Gasteiger partial charge in [0.25, 0.3) is 11.8 Å². The third-order valence-electron chi connectivity index (χ3n) is 6.75. The van der Waals surface area contributed by atoms with Gasteiger partial charge in [-0.3, -0.25) is 14.4 Å². The van der Waals surface area contributed by atoms with Gasteiger partial charge in [0.2, 0.25) is 5.91 Å². The molecule has 1 unspecified atom stereocenters. The van der Waals surface area contributed by atoms with Crippen molar-refractivity contribution in [3.63, 3.8) is 0 Å². The van der Waals surface area contributed by atoms with Crippen LogP contribution in [0.2, 0.25) is 5.02 Å². The molecule has 0 radical (unpaired) electrons. The summed E-state index contributed by atoms with van der Waals surface area (Å²) in [6.45, 7) is 0. The lowest BCUT2D eigenvalue weighted by Gasteiger charge is -2.18. The third-order valence-corrected chi connectivity index (χ3v) is 8.25. The van der Waals surface area contributed by atoms with Gasteiger partial charge in [0.05, 0.1) is 7.11 Å². The molecule has 0 aliphatic rings. The standard InChI is InChI=1S/C37H30ClN3O4S/c1-45-31-21-19-29(20-22-31)39-37(44)34(26-9-4-2-5-10-26)46-32-14-8-13-30(24-32)40-36(43)33(23-25-15-17-28(38)18-16-25)41-35(42)27-11-6-3-7-12-27/h2-24,34H,1H3,(H,39,44)(H,40,43)(H,41,42)/b33-23-. The van der Waals surface area contributed by atoms with Crippen molar-refractivity contribution >= 4 is 58.5 Å². The van der Waals surface area contributed by atoms with Crippen LogP contribution in [0.3, 0.4) is 0 Å². The summed E-state index contributed by atoms with van der Waals surface area (Å²) >= 11 is 7.40. The summed E-state index contributed by atoms with van der Waals surface area (Å²) in [4.78, 5) is 40.9. The molecule has 0 heterocycles. The average Bonchev–Trinajstić information content (AvgIpc) is 3.09. The Morgan fingerprint density at radius 3 is 2.09 bits per heavy atom. The SMILES string of the molecule is COc1ccc(NC(=O)C(Sc2cccc(NC(=O)/C(=C/c3ccc(Cl)cc3)NC(=O)c3ccccc3)c2)c2ccccc2)cc1. The molecule has 1 atom stereocenters. The van der Waals surface area contributed by atoms with Gasteiger partial charge in [-0.15, -0.1) is 11.8 Å². The first-order chi connectivity index (χ1) is 22.4. The van der Waals surface area contributed by atoms with Gasteiger partial charge in [-0.1, -0.05) is 78.3 Å². The monoisotopic (exact) mass is 647 g/mol.